The number of pyridine rings is 1. The lowest BCUT2D eigenvalue weighted by Crippen LogP contribution is -2.49. The van der Waals surface area contributed by atoms with Gasteiger partial charge in [0.1, 0.15) is 23.9 Å². The molecule has 0 saturated carbocycles. The van der Waals surface area contributed by atoms with Gasteiger partial charge in [-0.15, -0.1) is 10.2 Å². The van der Waals surface area contributed by atoms with Crippen LogP contribution < -0.4 is 5.32 Å². The Morgan fingerprint density at radius 1 is 1.11 bits per heavy atom. The number of nitrogens with zero attached hydrogens (tertiary/aromatic N) is 5. The van der Waals surface area contributed by atoms with Crippen molar-refractivity contribution in [1.82, 2.24) is 29.7 Å². The molecule has 2 N–H and O–H groups in total. The summed E-state index contributed by atoms with van der Waals surface area (Å²) >= 11 is 6.67. The number of carbonyl (C=O) groups excluding carboxylic acids is 1. The van der Waals surface area contributed by atoms with Crippen LogP contribution in [0.2, 0.25) is 5.02 Å². The molecule has 3 aromatic heterocycles. The molecule has 1 aliphatic carbocycles. The molecule has 37 heavy (non-hydrogen) atoms. The Labute approximate surface area is 218 Å². The number of benzene rings is 2. The van der Waals surface area contributed by atoms with Crippen LogP contribution >= 0.6 is 11.6 Å². The van der Waals surface area contributed by atoms with Crippen LogP contribution in [0.25, 0.3) is 11.2 Å². The van der Waals surface area contributed by atoms with Gasteiger partial charge in [0.05, 0.1) is 21.8 Å². The molecule has 1 amide bonds. The third kappa shape index (κ3) is 3.94. The van der Waals surface area contributed by atoms with Crippen molar-refractivity contribution < 1.29 is 9.90 Å². The lowest BCUT2D eigenvalue weighted by Gasteiger charge is -2.38. The second-order valence-electron chi connectivity index (χ2n) is 9.69. The molecule has 5 aromatic rings. The Morgan fingerprint density at radius 2 is 1.86 bits per heavy atom. The minimum Gasteiger partial charge on any atom is -0.506 e. The van der Waals surface area contributed by atoms with Gasteiger partial charge < -0.3 is 10.4 Å². The number of nitrogens with one attached hydrogen (secondary N) is 1. The first-order valence-corrected chi connectivity index (χ1v) is 12.5. The van der Waals surface area contributed by atoms with Gasteiger partial charge in [-0.05, 0) is 61.6 Å². The van der Waals surface area contributed by atoms with E-state index >= 15 is 0 Å². The number of rotatable bonds is 4. The molecule has 0 radical (unpaired) electrons. The molecular weight excluding hydrogens is 488 g/mol. The van der Waals surface area contributed by atoms with Crippen LogP contribution in [0, 0.1) is 13.8 Å². The lowest BCUT2D eigenvalue weighted by molar-refractivity contribution is 0.0885. The number of amides is 1. The number of hydrogen-bond acceptors (Lipinski definition) is 5. The maximum atomic E-state index is 13.9. The van der Waals surface area contributed by atoms with Gasteiger partial charge in [-0.2, -0.15) is 5.10 Å². The third-order valence-corrected chi connectivity index (χ3v) is 7.49. The van der Waals surface area contributed by atoms with E-state index in [1.807, 2.05) is 56.4 Å². The average Bonchev–Trinajstić information content (AvgIpc) is 3.52. The maximum absolute atomic E-state index is 13.9. The zero-order valence-corrected chi connectivity index (χ0v) is 21.2. The number of aryl methyl sites for hydroxylation is 3. The van der Waals surface area contributed by atoms with E-state index in [2.05, 4.69) is 15.5 Å². The highest BCUT2D eigenvalue weighted by atomic mass is 35.5. The summed E-state index contributed by atoms with van der Waals surface area (Å²) in [6.45, 7) is 3.80. The van der Waals surface area contributed by atoms with Crippen LogP contribution in [0.4, 0.5) is 0 Å². The standard InChI is InChI=1S/C28H25ClN6O2/c1-17-10-24(36)26-21-13-28(19-6-4-3-5-7-19,9-8-23(21)33-35(26)14-17)32-27(37)25-18(2)11-20(12-22(25)29)34-15-30-31-16-34/h3-7,10-12,14-16,36H,8-9,13H2,1-2H3,(H,32,37). The number of aromatic nitrogens is 5. The number of hydrogen-bond donors (Lipinski definition) is 2. The molecule has 8 nitrogen and oxygen atoms in total. The first kappa shape index (κ1) is 23.2. The summed E-state index contributed by atoms with van der Waals surface area (Å²) < 4.78 is 3.50. The fraction of sp³-hybridized carbons (Fsp3) is 0.214. The Balaban J connectivity index is 1.42. The van der Waals surface area contributed by atoms with Crippen molar-refractivity contribution in [3.05, 3.63) is 106 Å². The summed E-state index contributed by atoms with van der Waals surface area (Å²) in [5.41, 5.74) is 5.74. The Hall–Kier alpha value is -4.17. The van der Waals surface area contributed by atoms with E-state index in [9.17, 15) is 9.90 Å². The molecule has 0 bridgehead atoms. The third-order valence-electron chi connectivity index (χ3n) is 7.19. The van der Waals surface area contributed by atoms with E-state index in [0.717, 1.165) is 33.6 Å². The lowest BCUT2D eigenvalue weighted by atomic mass is 9.75. The van der Waals surface area contributed by atoms with Gasteiger partial charge in [0.15, 0.2) is 0 Å². The molecule has 1 unspecified atom stereocenters. The minimum atomic E-state index is -0.700. The van der Waals surface area contributed by atoms with E-state index < -0.39 is 5.54 Å². The zero-order valence-electron chi connectivity index (χ0n) is 20.4. The monoisotopic (exact) mass is 512 g/mol. The van der Waals surface area contributed by atoms with E-state index in [0.29, 0.717) is 35.4 Å². The molecule has 0 fully saturated rings. The normalized spacial score (nSPS) is 17.1. The zero-order chi connectivity index (χ0) is 25.7. The molecule has 186 valence electrons. The van der Waals surface area contributed by atoms with Gasteiger partial charge in [-0.3, -0.25) is 9.36 Å². The van der Waals surface area contributed by atoms with Crippen molar-refractivity contribution in [3.63, 3.8) is 0 Å². The smallest absolute Gasteiger partial charge is 0.253 e. The average molecular weight is 513 g/mol. The van der Waals surface area contributed by atoms with E-state index in [1.165, 1.54) is 0 Å². The van der Waals surface area contributed by atoms with Crippen LogP contribution in [-0.4, -0.2) is 35.4 Å². The van der Waals surface area contributed by atoms with Crippen molar-refractivity contribution in [2.75, 3.05) is 0 Å². The van der Waals surface area contributed by atoms with Gasteiger partial charge in [0.25, 0.3) is 5.91 Å². The van der Waals surface area contributed by atoms with Gasteiger partial charge in [0, 0.05) is 23.9 Å². The van der Waals surface area contributed by atoms with Crippen molar-refractivity contribution in [3.8, 4) is 11.4 Å². The van der Waals surface area contributed by atoms with E-state index in [1.54, 1.807) is 33.9 Å². The predicted molar refractivity (Wildman–Crippen MR) is 140 cm³/mol. The van der Waals surface area contributed by atoms with E-state index in [-0.39, 0.29) is 11.7 Å². The predicted octanol–water partition coefficient (Wildman–Crippen LogP) is 4.71. The van der Waals surface area contributed by atoms with Crippen LogP contribution in [0.1, 0.15) is 44.7 Å². The SMILES string of the molecule is Cc1cc(O)c2c3c(nn2c1)CCC(NC(=O)c1c(C)cc(-n2cnnc2)cc1Cl)(c1ccccc1)C3. The first-order chi connectivity index (χ1) is 17.8. The number of carbonyl (C=O) groups is 1. The molecule has 1 atom stereocenters. The fourth-order valence-corrected chi connectivity index (χ4v) is 5.81. The van der Waals surface area contributed by atoms with Crippen molar-refractivity contribution >= 4 is 23.0 Å². The molecule has 9 heteroatoms. The number of halogens is 1. The Morgan fingerprint density at radius 3 is 2.59 bits per heavy atom. The molecule has 6 rings (SSSR count). The summed E-state index contributed by atoms with van der Waals surface area (Å²) in [7, 11) is 0. The minimum absolute atomic E-state index is 0.187. The van der Waals surface area contributed by atoms with Crippen molar-refractivity contribution in [1.29, 1.82) is 0 Å². The second-order valence-corrected chi connectivity index (χ2v) is 10.1. The highest BCUT2D eigenvalue weighted by molar-refractivity contribution is 6.34. The van der Waals surface area contributed by atoms with Gasteiger partial charge in [0.2, 0.25) is 0 Å². The van der Waals surface area contributed by atoms with Crippen LogP contribution in [-0.2, 0) is 18.4 Å². The Kier molecular flexibility index (Phi) is 5.49. The summed E-state index contributed by atoms with van der Waals surface area (Å²) in [4.78, 5) is 13.9. The van der Waals surface area contributed by atoms with Crippen molar-refractivity contribution in [2.45, 2.75) is 38.6 Å². The first-order valence-electron chi connectivity index (χ1n) is 12.1. The van der Waals surface area contributed by atoms with Gasteiger partial charge >= 0.3 is 0 Å². The molecule has 1 aliphatic rings. The number of aromatic hydroxyl groups is 1. The van der Waals surface area contributed by atoms with Gasteiger partial charge in [-0.25, -0.2) is 4.52 Å². The summed E-state index contributed by atoms with van der Waals surface area (Å²) in [6.07, 6.45) is 6.90. The largest absolute Gasteiger partial charge is 0.506 e. The topological polar surface area (TPSA) is 97.3 Å². The summed E-state index contributed by atoms with van der Waals surface area (Å²) in [5.74, 6) is -0.0611. The quantitative estimate of drug-likeness (QED) is 0.363. The summed E-state index contributed by atoms with van der Waals surface area (Å²) in [5, 5.41) is 26.9. The summed E-state index contributed by atoms with van der Waals surface area (Å²) in [6, 6.07) is 15.4. The fourth-order valence-electron chi connectivity index (χ4n) is 5.46. The van der Waals surface area contributed by atoms with Gasteiger partial charge in [-0.1, -0.05) is 41.9 Å². The van der Waals surface area contributed by atoms with Crippen molar-refractivity contribution in [2.24, 2.45) is 0 Å². The molecule has 2 aromatic carbocycles. The Bertz CT molecular complexity index is 1620. The van der Waals surface area contributed by atoms with E-state index in [4.69, 9.17) is 16.7 Å². The second kappa shape index (κ2) is 8.74. The molecular formula is C28H25ClN6O2. The molecule has 3 heterocycles. The van der Waals surface area contributed by atoms with Crippen LogP contribution in [0.15, 0.2) is 67.4 Å². The van der Waals surface area contributed by atoms with Crippen LogP contribution in [0.5, 0.6) is 5.75 Å². The van der Waals surface area contributed by atoms with Crippen LogP contribution in [0.3, 0.4) is 0 Å². The molecule has 0 aliphatic heterocycles. The number of fused-ring (bicyclic) bond motifs is 3. The maximum Gasteiger partial charge on any atom is 0.253 e. The highest BCUT2D eigenvalue weighted by Gasteiger charge is 2.40. The molecule has 0 spiro atoms. The highest BCUT2D eigenvalue weighted by Crippen LogP contribution is 2.40. The molecule has 0 saturated heterocycles.